The molecule has 0 fully saturated rings. The van der Waals surface area contributed by atoms with Crippen LogP contribution in [0.5, 0.6) is 5.75 Å². The Bertz CT molecular complexity index is 1280. The van der Waals surface area contributed by atoms with Crippen LogP contribution in [0, 0.1) is 0 Å². The van der Waals surface area contributed by atoms with Crippen molar-refractivity contribution in [3.8, 4) is 27.4 Å². The number of aryl methyl sites for hydroxylation is 1. The molecule has 2 aliphatic rings. The first-order valence-electron chi connectivity index (χ1n) is 11.8. The highest BCUT2D eigenvalue weighted by Crippen LogP contribution is 2.47. The fourth-order valence-electron chi connectivity index (χ4n) is 5.41. The molecule has 4 heterocycles. The molecule has 3 aromatic rings. The summed E-state index contributed by atoms with van der Waals surface area (Å²) < 4.78 is 7.56. The van der Waals surface area contributed by atoms with Gasteiger partial charge in [0, 0.05) is 34.6 Å². The van der Waals surface area contributed by atoms with Gasteiger partial charge in [-0.25, -0.2) is 4.79 Å². The molecule has 2 aromatic heterocycles. The molecule has 34 heavy (non-hydrogen) atoms. The number of methoxy groups -OCH3 is 1. The second-order valence-corrected chi connectivity index (χ2v) is 11.0. The van der Waals surface area contributed by atoms with Crippen molar-refractivity contribution in [3.05, 3.63) is 52.0 Å². The Kier molecular flexibility index (Phi) is 5.55. The molecule has 0 spiro atoms. The normalized spacial score (nSPS) is 15.8. The zero-order valence-corrected chi connectivity index (χ0v) is 20.9. The highest BCUT2D eigenvalue weighted by molar-refractivity contribution is 7.13. The fraction of sp³-hybridized carbons (Fsp3) is 0.407. The molecule has 1 aromatic carbocycles. The number of ether oxygens (including phenoxy) is 1. The summed E-state index contributed by atoms with van der Waals surface area (Å²) in [6.45, 7) is 7.69. The molecule has 178 valence electrons. The summed E-state index contributed by atoms with van der Waals surface area (Å²) in [6.07, 6.45) is 3.52. The number of aromatic nitrogens is 1. The van der Waals surface area contributed by atoms with Gasteiger partial charge in [0.2, 0.25) is 0 Å². The minimum absolute atomic E-state index is 0.0710. The molecule has 7 heteroatoms. The summed E-state index contributed by atoms with van der Waals surface area (Å²) in [6, 6.07) is 7.72. The molecule has 1 N–H and O–H groups in total. The minimum Gasteiger partial charge on any atom is -0.496 e. The lowest BCUT2D eigenvalue weighted by atomic mass is 9.91. The molecule has 0 aliphatic carbocycles. The van der Waals surface area contributed by atoms with Gasteiger partial charge in [-0.3, -0.25) is 4.79 Å². The van der Waals surface area contributed by atoms with E-state index in [1.807, 2.05) is 17.0 Å². The molecule has 0 atom stereocenters. The molecule has 1 amide bonds. The van der Waals surface area contributed by atoms with Crippen LogP contribution >= 0.6 is 11.3 Å². The van der Waals surface area contributed by atoms with Crippen molar-refractivity contribution in [3.63, 3.8) is 0 Å². The Morgan fingerprint density at radius 1 is 1.12 bits per heavy atom. The highest BCUT2D eigenvalue weighted by atomic mass is 32.1. The number of carbonyl (C=O) groups is 2. The molecular formula is C27H30N2O4S. The lowest BCUT2D eigenvalue weighted by Gasteiger charge is -2.37. The predicted octanol–water partition coefficient (Wildman–Crippen LogP) is 5.72. The number of carboxylic acids is 1. The lowest BCUT2D eigenvalue weighted by molar-refractivity contribution is 0.0558. The molecule has 0 bridgehead atoms. The van der Waals surface area contributed by atoms with Crippen LogP contribution in [0.1, 0.15) is 65.6 Å². The number of amides is 1. The number of hydrogen-bond donors (Lipinski definition) is 1. The van der Waals surface area contributed by atoms with Crippen LogP contribution in [0.15, 0.2) is 29.6 Å². The van der Waals surface area contributed by atoms with E-state index in [9.17, 15) is 14.7 Å². The van der Waals surface area contributed by atoms with Crippen LogP contribution in [0.3, 0.4) is 0 Å². The molecular weight excluding hydrogens is 448 g/mol. The number of carboxylic acid groups (broad SMARTS) is 1. The van der Waals surface area contributed by atoms with Gasteiger partial charge >= 0.3 is 5.97 Å². The summed E-state index contributed by atoms with van der Waals surface area (Å²) in [7, 11) is 1.50. The summed E-state index contributed by atoms with van der Waals surface area (Å²) in [5.74, 6) is -0.576. The second kappa shape index (κ2) is 8.31. The van der Waals surface area contributed by atoms with Gasteiger partial charge in [0.1, 0.15) is 17.0 Å². The van der Waals surface area contributed by atoms with Crippen molar-refractivity contribution in [2.24, 2.45) is 0 Å². The molecule has 0 radical (unpaired) electrons. The molecule has 6 nitrogen and oxygen atoms in total. The van der Waals surface area contributed by atoms with Crippen LogP contribution in [-0.4, -0.2) is 45.6 Å². The summed E-state index contributed by atoms with van der Waals surface area (Å²) >= 11 is 1.66. The van der Waals surface area contributed by atoms with Crippen molar-refractivity contribution in [1.29, 1.82) is 0 Å². The van der Waals surface area contributed by atoms with Gasteiger partial charge in [-0.15, -0.1) is 11.3 Å². The summed E-state index contributed by atoms with van der Waals surface area (Å²) in [5.41, 5.74) is 5.70. The molecule has 0 unspecified atom stereocenters. The smallest absolute Gasteiger partial charge is 0.339 e. The van der Waals surface area contributed by atoms with Crippen molar-refractivity contribution < 1.29 is 19.4 Å². The Labute approximate surface area is 203 Å². The van der Waals surface area contributed by atoms with E-state index in [2.05, 4.69) is 36.8 Å². The minimum atomic E-state index is -1.02. The first kappa shape index (κ1) is 22.7. The van der Waals surface area contributed by atoms with E-state index in [0.29, 0.717) is 18.7 Å². The molecule has 2 aliphatic heterocycles. The van der Waals surface area contributed by atoms with Crippen molar-refractivity contribution >= 4 is 23.2 Å². The van der Waals surface area contributed by atoms with Crippen molar-refractivity contribution in [2.75, 3.05) is 13.7 Å². The Morgan fingerprint density at radius 3 is 2.56 bits per heavy atom. The van der Waals surface area contributed by atoms with E-state index < -0.39 is 5.97 Å². The average Bonchev–Trinajstić information content (AvgIpc) is 3.40. The van der Waals surface area contributed by atoms with Gasteiger partial charge in [-0.2, -0.15) is 0 Å². The maximum absolute atomic E-state index is 14.1. The van der Waals surface area contributed by atoms with E-state index in [1.165, 1.54) is 7.11 Å². The van der Waals surface area contributed by atoms with E-state index in [-0.39, 0.29) is 17.0 Å². The Balaban J connectivity index is 1.84. The van der Waals surface area contributed by atoms with Crippen molar-refractivity contribution in [2.45, 2.75) is 58.5 Å². The van der Waals surface area contributed by atoms with Crippen LogP contribution < -0.4 is 4.74 Å². The van der Waals surface area contributed by atoms with E-state index in [1.54, 1.807) is 17.4 Å². The third-order valence-electron chi connectivity index (χ3n) is 6.96. The lowest BCUT2D eigenvalue weighted by Crippen LogP contribution is -2.47. The van der Waals surface area contributed by atoms with Crippen molar-refractivity contribution in [1.82, 2.24) is 9.47 Å². The van der Waals surface area contributed by atoms with Gasteiger partial charge in [0.25, 0.3) is 5.91 Å². The number of benzene rings is 1. The van der Waals surface area contributed by atoms with Crippen LogP contribution in [-0.2, 0) is 19.4 Å². The van der Waals surface area contributed by atoms with Crippen LogP contribution in [0.2, 0.25) is 0 Å². The van der Waals surface area contributed by atoms with Crippen LogP contribution in [0.25, 0.3) is 21.7 Å². The first-order valence-corrected chi connectivity index (χ1v) is 12.7. The quantitative estimate of drug-likeness (QED) is 0.522. The van der Waals surface area contributed by atoms with E-state index in [4.69, 9.17) is 4.74 Å². The van der Waals surface area contributed by atoms with E-state index >= 15 is 0 Å². The number of carbonyl (C=O) groups excluding carboxylic acids is 1. The molecule has 0 saturated heterocycles. The number of thiophene rings is 1. The predicted molar refractivity (Wildman–Crippen MR) is 134 cm³/mol. The zero-order chi connectivity index (χ0) is 24.2. The van der Waals surface area contributed by atoms with Gasteiger partial charge in [-0.05, 0) is 81.2 Å². The average molecular weight is 479 g/mol. The maximum atomic E-state index is 14.1. The summed E-state index contributed by atoms with van der Waals surface area (Å²) in [5, 5.41) is 11.9. The highest BCUT2D eigenvalue weighted by Gasteiger charge is 2.37. The Morgan fingerprint density at radius 2 is 1.91 bits per heavy atom. The molecule has 5 rings (SSSR count). The fourth-order valence-corrected chi connectivity index (χ4v) is 6.21. The molecule has 0 saturated carbocycles. The van der Waals surface area contributed by atoms with Gasteiger partial charge in [0.15, 0.2) is 0 Å². The monoisotopic (exact) mass is 478 g/mol. The van der Waals surface area contributed by atoms with Crippen LogP contribution in [0.4, 0.5) is 0 Å². The van der Waals surface area contributed by atoms with Gasteiger partial charge < -0.3 is 19.3 Å². The number of rotatable bonds is 3. The van der Waals surface area contributed by atoms with E-state index in [0.717, 1.165) is 64.3 Å². The summed E-state index contributed by atoms with van der Waals surface area (Å²) in [4.78, 5) is 29.2. The van der Waals surface area contributed by atoms with Gasteiger partial charge in [-0.1, -0.05) is 6.07 Å². The maximum Gasteiger partial charge on any atom is 0.339 e. The zero-order valence-electron chi connectivity index (χ0n) is 20.1. The Hall–Kier alpha value is -3.06. The largest absolute Gasteiger partial charge is 0.496 e. The number of fused-ring (bicyclic) bond motifs is 5. The SMILES string of the molecule is COc1cc2c(cc1C(=O)O)-c1c(-c3cccs3)c3c(n1CC2)C(=O)N(C(C)(C)C)CCCC3. The number of hydrogen-bond acceptors (Lipinski definition) is 4. The first-order chi connectivity index (χ1) is 16.2. The second-order valence-electron chi connectivity index (χ2n) is 10.0. The van der Waals surface area contributed by atoms with Gasteiger partial charge in [0.05, 0.1) is 12.8 Å². The standard InChI is InChI=1S/C27H30N2O4S/c1-27(2,3)29-11-6-5-8-17-22(21-9-7-13-34-21)23-18-15-19(26(31)32)20(33-4)14-16(18)10-12-28(23)24(17)25(29)30/h7,9,13-15H,5-6,8,10-12H2,1-4H3,(H,31,32). The third kappa shape index (κ3) is 3.54. The topological polar surface area (TPSA) is 71.8 Å². The number of nitrogens with zero attached hydrogens (tertiary/aromatic N) is 2. The number of aromatic carboxylic acids is 1. The third-order valence-corrected chi connectivity index (χ3v) is 7.85.